The SMILES string of the molecule is Cc1cc(=O)n(Cc2ccc(N)cc2)cc1[N+](=O)[O-]. The number of anilines is 1. The van der Waals surface area contributed by atoms with Gasteiger partial charge in [0.2, 0.25) is 0 Å². The Balaban J connectivity index is 2.40. The van der Waals surface area contributed by atoms with Crippen LogP contribution in [0, 0.1) is 17.0 Å². The third-order valence-corrected chi connectivity index (χ3v) is 2.83. The quantitative estimate of drug-likeness (QED) is 0.516. The van der Waals surface area contributed by atoms with Gasteiger partial charge in [-0.05, 0) is 24.6 Å². The van der Waals surface area contributed by atoms with Crippen molar-refractivity contribution in [1.82, 2.24) is 4.57 Å². The van der Waals surface area contributed by atoms with E-state index in [2.05, 4.69) is 0 Å². The molecule has 0 amide bonds. The molecule has 0 aliphatic carbocycles. The first kappa shape index (κ1) is 12.8. The largest absolute Gasteiger partial charge is 0.399 e. The molecule has 2 N–H and O–H groups in total. The predicted octanol–water partition coefficient (Wildman–Crippen LogP) is 1.70. The number of benzene rings is 1. The molecule has 1 aromatic carbocycles. The summed E-state index contributed by atoms with van der Waals surface area (Å²) in [5, 5.41) is 10.9. The van der Waals surface area contributed by atoms with E-state index in [1.54, 1.807) is 31.2 Å². The van der Waals surface area contributed by atoms with Crippen molar-refractivity contribution in [3.63, 3.8) is 0 Å². The number of nitrogen functional groups attached to an aromatic ring is 1. The van der Waals surface area contributed by atoms with Gasteiger partial charge in [-0.15, -0.1) is 0 Å². The number of nitro groups is 1. The summed E-state index contributed by atoms with van der Waals surface area (Å²) < 4.78 is 1.32. The van der Waals surface area contributed by atoms with Gasteiger partial charge in [-0.1, -0.05) is 12.1 Å². The van der Waals surface area contributed by atoms with Crippen LogP contribution >= 0.6 is 0 Å². The average Bonchev–Trinajstić information content (AvgIpc) is 2.34. The summed E-state index contributed by atoms with van der Waals surface area (Å²) in [5.41, 5.74) is 7.10. The summed E-state index contributed by atoms with van der Waals surface area (Å²) in [6.45, 7) is 1.83. The maximum absolute atomic E-state index is 11.8. The summed E-state index contributed by atoms with van der Waals surface area (Å²) in [4.78, 5) is 22.2. The van der Waals surface area contributed by atoms with Crippen LogP contribution in [-0.4, -0.2) is 9.49 Å². The number of aryl methyl sites for hydroxylation is 1. The molecule has 0 atom stereocenters. The van der Waals surface area contributed by atoms with E-state index >= 15 is 0 Å². The van der Waals surface area contributed by atoms with Gasteiger partial charge in [0.1, 0.15) is 0 Å². The van der Waals surface area contributed by atoms with Gasteiger partial charge in [0.15, 0.2) is 0 Å². The molecule has 98 valence electrons. The minimum absolute atomic E-state index is 0.0601. The van der Waals surface area contributed by atoms with Gasteiger partial charge in [-0.2, -0.15) is 0 Å². The highest BCUT2D eigenvalue weighted by atomic mass is 16.6. The highest BCUT2D eigenvalue weighted by Crippen LogP contribution is 2.15. The van der Waals surface area contributed by atoms with Crippen LogP contribution in [0.2, 0.25) is 0 Å². The lowest BCUT2D eigenvalue weighted by Crippen LogP contribution is -2.20. The van der Waals surface area contributed by atoms with Crippen LogP contribution in [0.5, 0.6) is 0 Å². The molecule has 0 aliphatic rings. The second kappa shape index (κ2) is 4.93. The first-order chi connectivity index (χ1) is 8.97. The minimum atomic E-state index is -0.492. The number of hydrogen-bond acceptors (Lipinski definition) is 4. The van der Waals surface area contributed by atoms with E-state index in [-0.39, 0.29) is 17.8 Å². The van der Waals surface area contributed by atoms with E-state index in [1.165, 1.54) is 16.8 Å². The van der Waals surface area contributed by atoms with Crippen molar-refractivity contribution in [1.29, 1.82) is 0 Å². The van der Waals surface area contributed by atoms with Gasteiger partial charge >= 0.3 is 0 Å². The average molecular weight is 259 g/mol. The Morgan fingerprint density at radius 1 is 1.32 bits per heavy atom. The van der Waals surface area contributed by atoms with E-state index in [9.17, 15) is 14.9 Å². The summed E-state index contributed by atoms with van der Waals surface area (Å²) in [6, 6.07) is 8.29. The van der Waals surface area contributed by atoms with Crippen LogP contribution in [-0.2, 0) is 6.54 Å². The Morgan fingerprint density at radius 2 is 1.95 bits per heavy atom. The van der Waals surface area contributed by atoms with E-state index in [0.29, 0.717) is 11.3 Å². The Labute approximate surface area is 109 Å². The number of nitrogens with zero attached hydrogens (tertiary/aromatic N) is 2. The third kappa shape index (κ3) is 2.79. The highest BCUT2D eigenvalue weighted by Gasteiger charge is 2.13. The molecule has 6 nitrogen and oxygen atoms in total. The van der Waals surface area contributed by atoms with Gasteiger partial charge in [0.25, 0.3) is 11.2 Å². The van der Waals surface area contributed by atoms with Gasteiger partial charge in [-0.3, -0.25) is 14.9 Å². The molecule has 2 aromatic rings. The van der Waals surface area contributed by atoms with E-state index in [4.69, 9.17) is 5.73 Å². The molecule has 6 heteroatoms. The van der Waals surface area contributed by atoms with Crippen molar-refractivity contribution in [2.24, 2.45) is 0 Å². The van der Waals surface area contributed by atoms with Crippen molar-refractivity contribution in [3.8, 4) is 0 Å². The number of nitrogens with two attached hydrogens (primary N) is 1. The van der Waals surface area contributed by atoms with Crippen molar-refractivity contribution in [2.45, 2.75) is 13.5 Å². The Hall–Kier alpha value is -2.63. The lowest BCUT2D eigenvalue weighted by atomic mass is 10.2. The maximum Gasteiger partial charge on any atom is 0.288 e. The number of hydrogen-bond donors (Lipinski definition) is 1. The van der Waals surface area contributed by atoms with Crippen molar-refractivity contribution in [2.75, 3.05) is 5.73 Å². The van der Waals surface area contributed by atoms with Crippen molar-refractivity contribution in [3.05, 3.63) is 68.1 Å². The Morgan fingerprint density at radius 3 is 2.53 bits per heavy atom. The van der Waals surface area contributed by atoms with Crippen molar-refractivity contribution < 1.29 is 4.92 Å². The van der Waals surface area contributed by atoms with Crippen LogP contribution in [0.15, 0.2) is 41.3 Å². The molecule has 1 heterocycles. The van der Waals surface area contributed by atoms with E-state index in [1.807, 2.05) is 0 Å². The smallest absolute Gasteiger partial charge is 0.288 e. The first-order valence-electron chi connectivity index (χ1n) is 5.67. The van der Waals surface area contributed by atoms with Crippen LogP contribution in [0.3, 0.4) is 0 Å². The zero-order chi connectivity index (χ0) is 14.0. The second-order valence-corrected chi connectivity index (χ2v) is 4.31. The molecule has 1 aromatic heterocycles. The second-order valence-electron chi connectivity index (χ2n) is 4.31. The van der Waals surface area contributed by atoms with Crippen LogP contribution in [0.4, 0.5) is 11.4 Å². The fraction of sp³-hybridized carbons (Fsp3) is 0.154. The summed E-state index contributed by atoms with van der Waals surface area (Å²) >= 11 is 0. The predicted molar refractivity (Wildman–Crippen MR) is 72.0 cm³/mol. The zero-order valence-electron chi connectivity index (χ0n) is 10.4. The molecule has 0 aliphatic heterocycles. The lowest BCUT2D eigenvalue weighted by molar-refractivity contribution is -0.385. The van der Waals surface area contributed by atoms with Gasteiger partial charge in [0, 0.05) is 17.3 Å². The van der Waals surface area contributed by atoms with E-state index in [0.717, 1.165) is 5.56 Å². The Bertz CT molecular complexity index is 675. The summed E-state index contributed by atoms with van der Waals surface area (Å²) in [6.07, 6.45) is 1.27. The molecule has 0 saturated heterocycles. The minimum Gasteiger partial charge on any atom is -0.399 e. The van der Waals surface area contributed by atoms with Crippen LogP contribution < -0.4 is 11.3 Å². The standard InChI is InChI=1S/C13H13N3O3/c1-9-6-13(17)15(8-12(9)16(18)19)7-10-2-4-11(14)5-3-10/h2-6,8H,7,14H2,1H3. The normalized spacial score (nSPS) is 10.4. The van der Waals surface area contributed by atoms with Crippen LogP contribution in [0.1, 0.15) is 11.1 Å². The molecule has 0 radical (unpaired) electrons. The number of pyridine rings is 1. The molecule has 0 spiro atoms. The van der Waals surface area contributed by atoms with Gasteiger partial charge in [-0.25, -0.2) is 0 Å². The highest BCUT2D eigenvalue weighted by molar-refractivity contribution is 5.40. The molecule has 0 fully saturated rings. The molecule has 0 bridgehead atoms. The molecule has 19 heavy (non-hydrogen) atoms. The topological polar surface area (TPSA) is 91.2 Å². The van der Waals surface area contributed by atoms with Gasteiger partial charge in [0.05, 0.1) is 17.7 Å². The molecule has 0 unspecified atom stereocenters. The van der Waals surface area contributed by atoms with Crippen LogP contribution in [0.25, 0.3) is 0 Å². The van der Waals surface area contributed by atoms with Gasteiger partial charge < -0.3 is 10.3 Å². The molecular formula is C13H13N3O3. The summed E-state index contributed by atoms with van der Waals surface area (Å²) in [7, 11) is 0. The monoisotopic (exact) mass is 259 g/mol. The maximum atomic E-state index is 11.8. The zero-order valence-corrected chi connectivity index (χ0v) is 10.4. The summed E-state index contributed by atoms with van der Waals surface area (Å²) in [5.74, 6) is 0. The fourth-order valence-corrected chi connectivity index (χ4v) is 1.79. The molecule has 2 rings (SSSR count). The fourth-order valence-electron chi connectivity index (χ4n) is 1.79. The van der Waals surface area contributed by atoms with Crippen molar-refractivity contribution >= 4 is 11.4 Å². The molecule has 0 saturated carbocycles. The third-order valence-electron chi connectivity index (χ3n) is 2.83. The number of aromatic nitrogens is 1. The molecular weight excluding hydrogens is 246 g/mol. The van der Waals surface area contributed by atoms with E-state index < -0.39 is 4.92 Å². The first-order valence-corrected chi connectivity index (χ1v) is 5.67. The lowest BCUT2D eigenvalue weighted by Gasteiger charge is -2.07. The Kier molecular flexibility index (Phi) is 3.33. The number of rotatable bonds is 3.